The van der Waals surface area contributed by atoms with E-state index in [2.05, 4.69) is 25.7 Å². The predicted molar refractivity (Wildman–Crippen MR) is 76.8 cm³/mol. The van der Waals surface area contributed by atoms with E-state index in [0.717, 1.165) is 12.1 Å². The van der Waals surface area contributed by atoms with E-state index in [4.69, 9.17) is 5.11 Å². The zero-order chi connectivity index (χ0) is 14.3. The highest BCUT2D eigenvalue weighted by Gasteiger charge is 2.15. The molecule has 1 aromatic carbocycles. The van der Waals surface area contributed by atoms with Crippen LogP contribution in [0, 0.1) is 17.8 Å². The Morgan fingerprint density at radius 3 is 2.74 bits per heavy atom. The molecule has 0 bridgehead atoms. The van der Waals surface area contributed by atoms with Gasteiger partial charge in [0.25, 0.3) is 5.91 Å². The Kier molecular flexibility index (Phi) is 6.11. The number of nitrogens with zero attached hydrogens (tertiary/aromatic N) is 1. The van der Waals surface area contributed by atoms with E-state index in [1.165, 1.54) is 0 Å². The second-order valence-electron chi connectivity index (χ2n) is 4.78. The van der Waals surface area contributed by atoms with Crippen LogP contribution in [0.1, 0.15) is 36.7 Å². The van der Waals surface area contributed by atoms with Crippen LogP contribution in [0.25, 0.3) is 0 Å². The minimum absolute atomic E-state index is 0.0313. The van der Waals surface area contributed by atoms with Gasteiger partial charge in [0.05, 0.1) is 0 Å². The van der Waals surface area contributed by atoms with Crippen LogP contribution in [0.4, 0.5) is 0 Å². The molecule has 0 saturated heterocycles. The third kappa shape index (κ3) is 4.76. The van der Waals surface area contributed by atoms with Gasteiger partial charge in [0, 0.05) is 24.2 Å². The first-order valence-electron chi connectivity index (χ1n) is 6.57. The molecule has 0 atom stereocenters. The highest BCUT2D eigenvalue weighted by Crippen LogP contribution is 2.09. The van der Waals surface area contributed by atoms with Gasteiger partial charge in [-0.25, -0.2) is 0 Å². The normalized spacial score (nSPS) is 9.95. The second kappa shape index (κ2) is 7.60. The molecule has 0 aliphatic carbocycles. The van der Waals surface area contributed by atoms with Crippen molar-refractivity contribution in [1.82, 2.24) is 4.90 Å². The number of aliphatic hydroxyl groups is 1. The molecule has 0 radical (unpaired) electrons. The number of benzene rings is 1. The van der Waals surface area contributed by atoms with Crippen LogP contribution in [0.2, 0.25) is 0 Å². The average Bonchev–Trinajstić information content (AvgIpc) is 2.41. The van der Waals surface area contributed by atoms with E-state index in [9.17, 15) is 4.79 Å². The first-order valence-corrected chi connectivity index (χ1v) is 6.57. The highest BCUT2D eigenvalue weighted by molar-refractivity contribution is 5.94. The number of carbonyl (C=O) groups excluding carboxylic acids is 1. The van der Waals surface area contributed by atoms with Crippen molar-refractivity contribution in [1.29, 1.82) is 0 Å². The third-order valence-corrected chi connectivity index (χ3v) is 2.68. The van der Waals surface area contributed by atoms with Crippen molar-refractivity contribution in [2.24, 2.45) is 5.92 Å². The fourth-order valence-electron chi connectivity index (χ4n) is 1.85. The largest absolute Gasteiger partial charge is 0.384 e. The molecule has 0 aromatic heterocycles. The molecular formula is C16H21NO2. The standard InChI is InChI=1S/C16H21NO2/c1-4-17(12-13(2)3)16(19)15-9-5-7-14(11-15)8-6-10-18/h5,7,9,11,13,18H,4,10,12H2,1-3H3. The molecule has 0 saturated carbocycles. The van der Waals surface area contributed by atoms with Gasteiger partial charge in [0.1, 0.15) is 6.61 Å². The molecular weight excluding hydrogens is 238 g/mol. The van der Waals surface area contributed by atoms with Gasteiger partial charge >= 0.3 is 0 Å². The van der Waals surface area contributed by atoms with Gasteiger partial charge in [0.2, 0.25) is 0 Å². The van der Waals surface area contributed by atoms with Crippen LogP contribution in [0.3, 0.4) is 0 Å². The number of rotatable bonds is 4. The van der Waals surface area contributed by atoms with Crippen molar-refractivity contribution in [3.05, 3.63) is 35.4 Å². The molecule has 0 spiro atoms. The highest BCUT2D eigenvalue weighted by atomic mass is 16.2. The molecule has 1 amide bonds. The Labute approximate surface area is 115 Å². The van der Waals surface area contributed by atoms with E-state index in [1.807, 2.05) is 24.0 Å². The predicted octanol–water partition coefficient (Wildman–Crippen LogP) is 2.15. The number of hydrogen-bond donors (Lipinski definition) is 1. The minimum atomic E-state index is -0.174. The van der Waals surface area contributed by atoms with Gasteiger partial charge < -0.3 is 10.0 Å². The molecule has 0 heterocycles. The Balaban J connectivity index is 2.92. The van der Waals surface area contributed by atoms with Crippen LogP contribution < -0.4 is 0 Å². The van der Waals surface area contributed by atoms with Gasteiger partial charge in [-0.05, 0) is 31.0 Å². The van der Waals surface area contributed by atoms with E-state index >= 15 is 0 Å². The maximum atomic E-state index is 12.4. The van der Waals surface area contributed by atoms with E-state index in [0.29, 0.717) is 18.0 Å². The van der Waals surface area contributed by atoms with Gasteiger partial charge in [0.15, 0.2) is 0 Å². The molecule has 3 heteroatoms. The van der Waals surface area contributed by atoms with Crippen molar-refractivity contribution in [3.63, 3.8) is 0 Å². The van der Waals surface area contributed by atoms with E-state index < -0.39 is 0 Å². The Morgan fingerprint density at radius 2 is 2.16 bits per heavy atom. The first-order chi connectivity index (χ1) is 9.08. The summed E-state index contributed by atoms with van der Waals surface area (Å²) in [5, 5.41) is 8.68. The molecule has 19 heavy (non-hydrogen) atoms. The lowest BCUT2D eigenvalue weighted by atomic mass is 10.1. The Bertz CT molecular complexity index is 483. The van der Waals surface area contributed by atoms with Crippen LogP contribution in [0.5, 0.6) is 0 Å². The maximum absolute atomic E-state index is 12.4. The molecule has 0 fully saturated rings. The smallest absolute Gasteiger partial charge is 0.253 e. The summed E-state index contributed by atoms with van der Waals surface area (Å²) in [5.74, 6) is 5.88. The third-order valence-electron chi connectivity index (χ3n) is 2.68. The summed E-state index contributed by atoms with van der Waals surface area (Å²) in [5.41, 5.74) is 1.40. The molecule has 102 valence electrons. The quantitative estimate of drug-likeness (QED) is 0.842. The lowest BCUT2D eigenvalue weighted by Crippen LogP contribution is -2.34. The summed E-state index contributed by atoms with van der Waals surface area (Å²) in [7, 11) is 0. The lowest BCUT2D eigenvalue weighted by Gasteiger charge is -2.23. The van der Waals surface area contributed by atoms with Crippen LogP contribution in [-0.4, -0.2) is 35.6 Å². The number of carbonyl (C=O) groups is 1. The monoisotopic (exact) mass is 259 g/mol. The van der Waals surface area contributed by atoms with Crippen molar-refractivity contribution in [2.75, 3.05) is 19.7 Å². The minimum Gasteiger partial charge on any atom is -0.384 e. The van der Waals surface area contributed by atoms with Gasteiger partial charge in [-0.1, -0.05) is 31.8 Å². The summed E-state index contributed by atoms with van der Waals surface area (Å²) >= 11 is 0. The van der Waals surface area contributed by atoms with Crippen molar-refractivity contribution in [2.45, 2.75) is 20.8 Å². The molecule has 1 N–H and O–H groups in total. The zero-order valence-electron chi connectivity index (χ0n) is 11.8. The molecule has 0 aliphatic heterocycles. The molecule has 3 nitrogen and oxygen atoms in total. The van der Waals surface area contributed by atoms with Crippen LogP contribution >= 0.6 is 0 Å². The molecule has 1 aromatic rings. The van der Waals surface area contributed by atoms with E-state index in [1.54, 1.807) is 12.1 Å². The summed E-state index contributed by atoms with van der Waals surface area (Å²) in [4.78, 5) is 14.2. The number of hydrogen-bond acceptors (Lipinski definition) is 2. The summed E-state index contributed by atoms with van der Waals surface area (Å²) in [6, 6.07) is 7.22. The van der Waals surface area contributed by atoms with Crippen molar-refractivity contribution in [3.8, 4) is 11.8 Å². The fourth-order valence-corrected chi connectivity index (χ4v) is 1.85. The molecule has 0 unspecified atom stereocenters. The van der Waals surface area contributed by atoms with Crippen LogP contribution in [0.15, 0.2) is 24.3 Å². The van der Waals surface area contributed by atoms with Gasteiger partial charge in [-0.15, -0.1) is 0 Å². The summed E-state index contributed by atoms with van der Waals surface area (Å²) in [6.07, 6.45) is 0. The van der Waals surface area contributed by atoms with Crippen LogP contribution in [-0.2, 0) is 0 Å². The average molecular weight is 259 g/mol. The number of aliphatic hydroxyl groups excluding tert-OH is 1. The van der Waals surface area contributed by atoms with E-state index in [-0.39, 0.29) is 12.5 Å². The fraction of sp³-hybridized carbons (Fsp3) is 0.438. The Hall–Kier alpha value is -1.79. The van der Waals surface area contributed by atoms with Crippen molar-refractivity contribution >= 4 is 5.91 Å². The SMILES string of the molecule is CCN(CC(C)C)C(=O)c1cccc(C#CCO)c1. The molecule has 0 aliphatic rings. The molecule has 1 rings (SSSR count). The topological polar surface area (TPSA) is 40.5 Å². The zero-order valence-corrected chi connectivity index (χ0v) is 11.8. The second-order valence-corrected chi connectivity index (χ2v) is 4.78. The lowest BCUT2D eigenvalue weighted by molar-refractivity contribution is 0.0745. The summed E-state index contributed by atoms with van der Waals surface area (Å²) < 4.78 is 0. The Morgan fingerprint density at radius 1 is 1.42 bits per heavy atom. The van der Waals surface area contributed by atoms with Gasteiger partial charge in [-0.3, -0.25) is 4.79 Å². The van der Waals surface area contributed by atoms with Gasteiger partial charge in [-0.2, -0.15) is 0 Å². The maximum Gasteiger partial charge on any atom is 0.253 e. The summed E-state index contributed by atoms with van der Waals surface area (Å²) in [6.45, 7) is 7.45. The number of amides is 1. The first kappa shape index (κ1) is 15.3. The van der Waals surface area contributed by atoms with Crippen molar-refractivity contribution < 1.29 is 9.90 Å².